The first-order chi connectivity index (χ1) is 12.3. The van der Waals surface area contributed by atoms with E-state index in [1.807, 2.05) is 55.5 Å². The zero-order valence-corrected chi connectivity index (χ0v) is 14.2. The molecule has 5 nitrogen and oxygen atoms in total. The van der Waals surface area contributed by atoms with Gasteiger partial charge in [-0.3, -0.25) is 4.79 Å². The summed E-state index contributed by atoms with van der Waals surface area (Å²) in [6.07, 6.45) is 3.32. The van der Waals surface area contributed by atoms with E-state index in [2.05, 4.69) is 10.3 Å². The number of nitrogens with one attached hydrogen (secondary N) is 1. The van der Waals surface area contributed by atoms with Crippen LogP contribution in [-0.4, -0.2) is 22.3 Å². The van der Waals surface area contributed by atoms with Crippen LogP contribution in [0.1, 0.15) is 28.7 Å². The lowest BCUT2D eigenvalue weighted by Crippen LogP contribution is -2.30. The normalized spacial score (nSPS) is 10.4. The van der Waals surface area contributed by atoms with E-state index < -0.39 is 0 Å². The Kier molecular flexibility index (Phi) is 5.46. The molecule has 0 aliphatic rings. The summed E-state index contributed by atoms with van der Waals surface area (Å²) in [6.45, 7) is 3.77. The van der Waals surface area contributed by atoms with Crippen molar-refractivity contribution in [1.29, 1.82) is 0 Å². The molecule has 0 aliphatic carbocycles. The molecule has 1 N–H and O–H groups in total. The molecule has 25 heavy (non-hydrogen) atoms. The Bertz CT molecular complexity index is 784. The fourth-order valence-electron chi connectivity index (χ4n) is 2.52. The van der Waals surface area contributed by atoms with E-state index in [0.717, 1.165) is 17.0 Å². The standard InChI is InChI=1S/C20H21N3O2/c1-2-23(15-16-7-4-3-5-8-16)20(24)19-11-10-17(13-22-19)21-14-18-9-6-12-25-18/h3-13,21H,2,14-15H2,1H3. The molecule has 1 amide bonds. The van der Waals surface area contributed by atoms with E-state index >= 15 is 0 Å². The van der Waals surface area contributed by atoms with E-state index in [9.17, 15) is 4.79 Å². The molecule has 0 bridgehead atoms. The summed E-state index contributed by atoms with van der Waals surface area (Å²) in [5, 5.41) is 3.22. The number of anilines is 1. The van der Waals surface area contributed by atoms with Gasteiger partial charge in [-0.2, -0.15) is 0 Å². The maximum absolute atomic E-state index is 12.7. The molecule has 0 radical (unpaired) electrons. The van der Waals surface area contributed by atoms with Gasteiger partial charge in [0.15, 0.2) is 0 Å². The molecule has 0 saturated carbocycles. The van der Waals surface area contributed by atoms with Crippen molar-refractivity contribution in [3.05, 3.63) is 84.1 Å². The SMILES string of the molecule is CCN(Cc1ccccc1)C(=O)c1ccc(NCc2ccco2)cn1. The molecule has 0 spiro atoms. The molecule has 0 unspecified atom stereocenters. The van der Waals surface area contributed by atoms with Gasteiger partial charge in [0.05, 0.1) is 24.7 Å². The second-order valence-corrected chi connectivity index (χ2v) is 5.67. The number of furan rings is 1. The largest absolute Gasteiger partial charge is 0.467 e. The third-order valence-electron chi connectivity index (χ3n) is 3.91. The van der Waals surface area contributed by atoms with Crippen molar-refractivity contribution in [2.75, 3.05) is 11.9 Å². The molecule has 128 valence electrons. The first-order valence-corrected chi connectivity index (χ1v) is 8.31. The number of hydrogen-bond acceptors (Lipinski definition) is 4. The summed E-state index contributed by atoms with van der Waals surface area (Å²) >= 11 is 0. The van der Waals surface area contributed by atoms with Gasteiger partial charge in [-0.25, -0.2) is 4.98 Å². The number of amides is 1. The second kappa shape index (κ2) is 8.15. The molecule has 0 fully saturated rings. The minimum absolute atomic E-state index is 0.0658. The monoisotopic (exact) mass is 335 g/mol. The molecule has 2 heterocycles. The molecule has 0 aliphatic heterocycles. The van der Waals surface area contributed by atoms with E-state index in [1.165, 1.54) is 0 Å². The molecule has 1 aromatic carbocycles. The molecule has 2 aromatic heterocycles. The van der Waals surface area contributed by atoms with Crippen molar-refractivity contribution >= 4 is 11.6 Å². The topological polar surface area (TPSA) is 58.4 Å². The van der Waals surface area contributed by atoms with Crippen molar-refractivity contribution < 1.29 is 9.21 Å². The van der Waals surface area contributed by atoms with Gasteiger partial charge in [0, 0.05) is 13.1 Å². The van der Waals surface area contributed by atoms with Crippen LogP contribution in [0.4, 0.5) is 5.69 Å². The Morgan fingerprint density at radius 1 is 1.12 bits per heavy atom. The molecular formula is C20H21N3O2. The molecular weight excluding hydrogens is 314 g/mol. The molecule has 3 rings (SSSR count). The van der Waals surface area contributed by atoms with Gasteiger partial charge in [0.2, 0.25) is 0 Å². The van der Waals surface area contributed by atoms with Crippen LogP contribution in [0.5, 0.6) is 0 Å². The average molecular weight is 335 g/mol. The number of benzene rings is 1. The summed E-state index contributed by atoms with van der Waals surface area (Å²) in [5.41, 5.74) is 2.40. The lowest BCUT2D eigenvalue weighted by molar-refractivity contribution is 0.0746. The molecule has 0 atom stereocenters. The maximum Gasteiger partial charge on any atom is 0.272 e. The van der Waals surface area contributed by atoms with Gasteiger partial charge < -0.3 is 14.6 Å². The second-order valence-electron chi connectivity index (χ2n) is 5.67. The fourth-order valence-corrected chi connectivity index (χ4v) is 2.52. The highest BCUT2D eigenvalue weighted by molar-refractivity contribution is 5.92. The van der Waals surface area contributed by atoms with E-state index in [1.54, 1.807) is 23.4 Å². The van der Waals surface area contributed by atoms with Crippen LogP contribution in [-0.2, 0) is 13.1 Å². The lowest BCUT2D eigenvalue weighted by atomic mass is 10.2. The van der Waals surface area contributed by atoms with Gasteiger partial charge >= 0.3 is 0 Å². The van der Waals surface area contributed by atoms with Gasteiger partial charge in [-0.15, -0.1) is 0 Å². The molecule has 5 heteroatoms. The number of nitrogens with zero attached hydrogens (tertiary/aromatic N) is 2. The summed E-state index contributed by atoms with van der Waals surface area (Å²) < 4.78 is 5.28. The smallest absolute Gasteiger partial charge is 0.272 e. The zero-order valence-electron chi connectivity index (χ0n) is 14.2. The Morgan fingerprint density at radius 3 is 2.60 bits per heavy atom. The Morgan fingerprint density at radius 2 is 1.96 bits per heavy atom. The van der Waals surface area contributed by atoms with Crippen LogP contribution in [0, 0.1) is 0 Å². The number of carbonyl (C=O) groups excluding carboxylic acids is 1. The van der Waals surface area contributed by atoms with Crippen LogP contribution >= 0.6 is 0 Å². The third kappa shape index (κ3) is 4.47. The fraction of sp³-hybridized carbons (Fsp3) is 0.200. The van der Waals surface area contributed by atoms with Crippen molar-refractivity contribution in [2.24, 2.45) is 0 Å². The Balaban J connectivity index is 1.62. The van der Waals surface area contributed by atoms with Crippen LogP contribution in [0.25, 0.3) is 0 Å². The molecule has 3 aromatic rings. The average Bonchev–Trinajstić information content (AvgIpc) is 3.19. The summed E-state index contributed by atoms with van der Waals surface area (Å²) in [5.74, 6) is 0.782. The Labute approximate surface area is 147 Å². The van der Waals surface area contributed by atoms with Crippen molar-refractivity contribution in [3.63, 3.8) is 0 Å². The number of hydrogen-bond donors (Lipinski definition) is 1. The van der Waals surface area contributed by atoms with Crippen LogP contribution < -0.4 is 5.32 Å². The highest BCUT2D eigenvalue weighted by Gasteiger charge is 2.15. The number of rotatable bonds is 7. The van der Waals surface area contributed by atoms with E-state index in [4.69, 9.17) is 4.42 Å². The Hall–Kier alpha value is -3.08. The summed E-state index contributed by atoms with van der Waals surface area (Å²) in [6, 6.07) is 17.3. The van der Waals surface area contributed by atoms with Gasteiger partial charge in [0.25, 0.3) is 5.91 Å². The minimum atomic E-state index is -0.0658. The van der Waals surface area contributed by atoms with Crippen LogP contribution in [0.15, 0.2) is 71.5 Å². The zero-order chi connectivity index (χ0) is 17.5. The first kappa shape index (κ1) is 16.8. The summed E-state index contributed by atoms with van der Waals surface area (Å²) in [7, 11) is 0. The van der Waals surface area contributed by atoms with Crippen molar-refractivity contribution in [2.45, 2.75) is 20.0 Å². The number of aromatic nitrogens is 1. The van der Waals surface area contributed by atoms with Crippen LogP contribution in [0.3, 0.4) is 0 Å². The highest BCUT2D eigenvalue weighted by Crippen LogP contribution is 2.12. The number of pyridine rings is 1. The predicted molar refractivity (Wildman–Crippen MR) is 97.1 cm³/mol. The van der Waals surface area contributed by atoms with Crippen molar-refractivity contribution in [1.82, 2.24) is 9.88 Å². The highest BCUT2D eigenvalue weighted by atomic mass is 16.3. The van der Waals surface area contributed by atoms with Crippen molar-refractivity contribution in [3.8, 4) is 0 Å². The quantitative estimate of drug-likeness (QED) is 0.710. The first-order valence-electron chi connectivity index (χ1n) is 8.31. The van der Waals surface area contributed by atoms with E-state index in [-0.39, 0.29) is 5.91 Å². The van der Waals surface area contributed by atoms with Crippen LogP contribution in [0.2, 0.25) is 0 Å². The maximum atomic E-state index is 12.7. The molecule has 0 saturated heterocycles. The predicted octanol–water partition coefficient (Wildman–Crippen LogP) is 3.95. The minimum Gasteiger partial charge on any atom is -0.467 e. The third-order valence-corrected chi connectivity index (χ3v) is 3.91. The lowest BCUT2D eigenvalue weighted by Gasteiger charge is -2.20. The van der Waals surface area contributed by atoms with Gasteiger partial charge in [-0.1, -0.05) is 30.3 Å². The van der Waals surface area contributed by atoms with Gasteiger partial charge in [0.1, 0.15) is 11.5 Å². The van der Waals surface area contributed by atoms with E-state index in [0.29, 0.717) is 25.3 Å². The number of carbonyl (C=O) groups is 1. The van der Waals surface area contributed by atoms with Gasteiger partial charge in [-0.05, 0) is 36.8 Å². The summed E-state index contributed by atoms with van der Waals surface area (Å²) in [4.78, 5) is 18.8.